The van der Waals surface area contributed by atoms with Gasteiger partial charge in [0.2, 0.25) is 0 Å². The molecule has 1 N–H and O–H groups in total. The van der Waals surface area contributed by atoms with Gasteiger partial charge in [-0.05, 0) is 61.4 Å². The van der Waals surface area contributed by atoms with E-state index >= 15 is 0 Å². The summed E-state index contributed by atoms with van der Waals surface area (Å²) in [5.74, 6) is -0.208. The Morgan fingerprint density at radius 2 is 1.85 bits per heavy atom. The maximum absolute atomic E-state index is 12.7. The number of ether oxygens (including phenoxy) is 1. The van der Waals surface area contributed by atoms with Gasteiger partial charge >= 0.3 is 0 Å². The maximum Gasteiger partial charge on any atom is 0.264 e. The predicted molar refractivity (Wildman–Crippen MR) is 105 cm³/mol. The van der Waals surface area contributed by atoms with Crippen LogP contribution in [0.25, 0.3) is 0 Å². The number of hydrogen-bond acceptors (Lipinski definition) is 4. The van der Waals surface area contributed by atoms with Crippen LogP contribution in [0.2, 0.25) is 5.02 Å². The molecule has 0 unspecified atom stereocenters. The molecule has 1 heterocycles. The average Bonchev–Trinajstić information content (AvgIpc) is 3.19. The second-order valence-corrected chi connectivity index (χ2v) is 8.72. The zero-order valence-corrected chi connectivity index (χ0v) is 16.5. The Kier molecular flexibility index (Phi) is 6.04. The van der Waals surface area contributed by atoms with E-state index in [0.29, 0.717) is 22.8 Å². The molecule has 0 aliphatic carbocycles. The molecule has 8 heteroatoms. The van der Waals surface area contributed by atoms with Gasteiger partial charge in [0.1, 0.15) is 0 Å². The highest BCUT2D eigenvalue weighted by Crippen LogP contribution is 2.23. The molecule has 2 aromatic carbocycles. The molecular formula is C19H21ClN2O4S. The Hall–Kier alpha value is -2.09. The SMILES string of the molecule is CN(c1ccc(C(=O)NC[C@H]2CCCO2)cc1)S(=O)(=O)c1ccc(Cl)cc1. The summed E-state index contributed by atoms with van der Waals surface area (Å²) in [5.41, 5.74) is 0.926. The predicted octanol–water partition coefficient (Wildman–Crippen LogP) is 3.07. The lowest BCUT2D eigenvalue weighted by Crippen LogP contribution is -2.31. The van der Waals surface area contributed by atoms with Crippen LogP contribution in [0.5, 0.6) is 0 Å². The average molecular weight is 409 g/mol. The summed E-state index contributed by atoms with van der Waals surface area (Å²) in [6, 6.07) is 12.4. The number of hydrogen-bond donors (Lipinski definition) is 1. The molecule has 1 saturated heterocycles. The van der Waals surface area contributed by atoms with Crippen LogP contribution in [0.4, 0.5) is 5.69 Å². The van der Waals surface area contributed by atoms with E-state index in [2.05, 4.69) is 5.32 Å². The number of nitrogens with one attached hydrogen (secondary N) is 1. The lowest BCUT2D eigenvalue weighted by Gasteiger charge is -2.20. The van der Waals surface area contributed by atoms with Gasteiger partial charge in [-0.3, -0.25) is 9.10 Å². The van der Waals surface area contributed by atoms with Gasteiger partial charge in [0, 0.05) is 30.8 Å². The molecule has 0 spiro atoms. The van der Waals surface area contributed by atoms with Gasteiger partial charge in [-0.25, -0.2) is 8.42 Å². The minimum atomic E-state index is -3.71. The van der Waals surface area contributed by atoms with Gasteiger partial charge < -0.3 is 10.1 Å². The van der Waals surface area contributed by atoms with Gasteiger partial charge in [-0.1, -0.05) is 11.6 Å². The van der Waals surface area contributed by atoms with Crippen molar-refractivity contribution in [1.29, 1.82) is 0 Å². The van der Waals surface area contributed by atoms with E-state index in [1.54, 1.807) is 24.3 Å². The summed E-state index contributed by atoms with van der Waals surface area (Å²) in [6.07, 6.45) is 2.04. The summed E-state index contributed by atoms with van der Waals surface area (Å²) in [6.45, 7) is 1.22. The van der Waals surface area contributed by atoms with E-state index in [4.69, 9.17) is 16.3 Å². The lowest BCUT2D eigenvalue weighted by molar-refractivity contribution is 0.0858. The lowest BCUT2D eigenvalue weighted by atomic mass is 10.2. The van der Waals surface area contributed by atoms with Crippen molar-refractivity contribution in [3.05, 3.63) is 59.1 Å². The first-order valence-corrected chi connectivity index (χ1v) is 10.4. The Morgan fingerprint density at radius 1 is 1.19 bits per heavy atom. The van der Waals surface area contributed by atoms with E-state index in [0.717, 1.165) is 19.4 Å². The number of amides is 1. The number of carbonyl (C=O) groups is 1. The molecule has 1 atom stereocenters. The van der Waals surface area contributed by atoms with Crippen LogP contribution in [0.15, 0.2) is 53.4 Å². The summed E-state index contributed by atoms with van der Waals surface area (Å²) >= 11 is 5.82. The fraction of sp³-hybridized carbons (Fsp3) is 0.316. The normalized spacial score (nSPS) is 16.9. The standard InChI is InChI=1S/C19H21ClN2O4S/c1-22(27(24,25)18-10-6-15(20)7-11-18)16-8-4-14(5-9-16)19(23)21-13-17-3-2-12-26-17/h4-11,17H,2-3,12-13H2,1H3,(H,21,23)/t17-/m1/s1. The molecule has 0 radical (unpaired) electrons. The summed E-state index contributed by atoms with van der Waals surface area (Å²) < 4.78 is 32.1. The molecule has 3 rings (SSSR count). The molecule has 27 heavy (non-hydrogen) atoms. The van der Waals surface area contributed by atoms with Crippen molar-refractivity contribution in [3.63, 3.8) is 0 Å². The van der Waals surface area contributed by atoms with Gasteiger partial charge in [-0.2, -0.15) is 0 Å². The van der Waals surface area contributed by atoms with Gasteiger partial charge in [0.05, 0.1) is 16.7 Å². The van der Waals surface area contributed by atoms with Crippen LogP contribution >= 0.6 is 11.6 Å². The van der Waals surface area contributed by atoms with Crippen LogP contribution < -0.4 is 9.62 Å². The minimum Gasteiger partial charge on any atom is -0.376 e. The molecule has 0 saturated carbocycles. The fourth-order valence-corrected chi connectivity index (χ4v) is 4.16. The van der Waals surface area contributed by atoms with Gasteiger partial charge in [0.25, 0.3) is 15.9 Å². The molecule has 0 aromatic heterocycles. The zero-order valence-electron chi connectivity index (χ0n) is 14.9. The number of nitrogens with zero attached hydrogens (tertiary/aromatic N) is 1. The first-order chi connectivity index (χ1) is 12.9. The molecule has 1 aliphatic rings. The van der Waals surface area contributed by atoms with Crippen molar-refractivity contribution in [2.75, 3.05) is 24.5 Å². The Morgan fingerprint density at radius 3 is 2.44 bits per heavy atom. The first kappa shape index (κ1) is 19.7. The number of carbonyl (C=O) groups excluding carboxylic acids is 1. The van der Waals surface area contributed by atoms with Crippen molar-refractivity contribution in [2.45, 2.75) is 23.8 Å². The third kappa shape index (κ3) is 4.61. The summed E-state index contributed by atoms with van der Waals surface area (Å²) in [7, 11) is -2.24. The quantitative estimate of drug-likeness (QED) is 0.796. The Balaban J connectivity index is 1.68. The van der Waals surface area contributed by atoms with E-state index in [1.807, 2.05) is 0 Å². The van der Waals surface area contributed by atoms with E-state index in [1.165, 1.54) is 35.6 Å². The van der Waals surface area contributed by atoms with Crippen molar-refractivity contribution in [2.24, 2.45) is 0 Å². The molecular weight excluding hydrogens is 388 g/mol. The number of anilines is 1. The largest absolute Gasteiger partial charge is 0.376 e. The molecule has 0 bridgehead atoms. The Bertz CT molecular complexity index is 892. The van der Waals surface area contributed by atoms with Gasteiger partial charge in [0.15, 0.2) is 0 Å². The Labute approximate surface area is 164 Å². The highest BCUT2D eigenvalue weighted by atomic mass is 35.5. The molecule has 2 aromatic rings. The number of sulfonamides is 1. The van der Waals surface area contributed by atoms with E-state index in [9.17, 15) is 13.2 Å². The second-order valence-electron chi connectivity index (χ2n) is 6.32. The summed E-state index contributed by atoms with van der Waals surface area (Å²) in [4.78, 5) is 12.4. The van der Waals surface area contributed by atoms with Crippen molar-refractivity contribution < 1.29 is 17.9 Å². The molecule has 6 nitrogen and oxygen atoms in total. The van der Waals surface area contributed by atoms with E-state index in [-0.39, 0.29) is 16.9 Å². The fourth-order valence-electron chi connectivity index (χ4n) is 2.84. The van der Waals surface area contributed by atoms with Crippen molar-refractivity contribution >= 4 is 33.2 Å². The minimum absolute atomic E-state index is 0.0730. The highest BCUT2D eigenvalue weighted by Gasteiger charge is 2.22. The smallest absolute Gasteiger partial charge is 0.264 e. The third-order valence-corrected chi connectivity index (χ3v) is 6.53. The molecule has 1 fully saturated rings. The van der Waals surface area contributed by atoms with Crippen LogP contribution in [-0.2, 0) is 14.8 Å². The van der Waals surface area contributed by atoms with Crippen molar-refractivity contribution in [1.82, 2.24) is 5.32 Å². The van der Waals surface area contributed by atoms with Crippen molar-refractivity contribution in [3.8, 4) is 0 Å². The van der Waals surface area contributed by atoms with Crippen LogP contribution in [0.1, 0.15) is 23.2 Å². The van der Waals surface area contributed by atoms with E-state index < -0.39 is 10.0 Å². The highest BCUT2D eigenvalue weighted by molar-refractivity contribution is 7.92. The molecule has 1 aliphatic heterocycles. The first-order valence-electron chi connectivity index (χ1n) is 8.62. The monoisotopic (exact) mass is 408 g/mol. The molecule has 144 valence electrons. The maximum atomic E-state index is 12.7. The summed E-state index contributed by atoms with van der Waals surface area (Å²) in [5, 5.41) is 3.31. The third-order valence-electron chi connectivity index (χ3n) is 4.48. The van der Waals surface area contributed by atoms with Crippen LogP contribution in [0, 0.1) is 0 Å². The zero-order chi connectivity index (χ0) is 19.4. The number of halogens is 1. The number of rotatable bonds is 6. The van der Waals surface area contributed by atoms with Gasteiger partial charge in [-0.15, -0.1) is 0 Å². The van der Waals surface area contributed by atoms with Crippen LogP contribution in [0.3, 0.4) is 0 Å². The number of benzene rings is 2. The van der Waals surface area contributed by atoms with Crippen LogP contribution in [-0.4, -0.2) is 40.6 Å². The second kappa shape index (κ2) is 8.29. The molecule has 1 amide bonds. The topological polar surface area (TPSA) is 75.7 Å².